The summed E-state index contributed by atoms with van der Waals surface area (Å²) in [7, 11) is 0. The summed E-state index contributed by atoms with van der Waals surface area (Å²) in [5.41, 5.74) is 0. The first-order chi connectivity index (χ1) is 7.61. The van der Waals surface area contributed by atoms with Crippen molar-refractivity contribution in [2.45, 2.75) is 19.0 Å². The van der Waals surface area contributed by atoms with Gasteiger partial charge in [-0.3, -0.25) is 14.4 Å². The highest BCUT2D eigenvalue weighted by molar-refractivity contribution is 5.85. The molecule has 0 aliphatic heterocycles. The highest BCUT2D eigenvalue weighted by Gasteiger charge is 2.30. The van der Waals surface area contributed by atoms with E-state index >= 15 is 0 Å². The summed E-state index contributed by atoms with van der Waals surface area (Å²) in [6.45, 7) is -1.88. The Labute approximate surface area is 93.6 Å². The van der Waals surface area contributed by atoms with Gasteiger partial charge in [-0.2, -0.15) is 13.2 Å². The molecule has 0 bridgehead atoms. The highest BCUT2D eigenvalue weighted by atomic mass is 19.4. The molecule has 98 valence electrons. The van der Waals surface area contributed by atoms with E-state index in [2.05, 4.69) is 0 Å². The molecule has 0 rings (SSSR count). The molecule has 0 atom stereocenters. The van der Waals surface area contributed by atoms with E-state index in [1.807, 2.05) is 0 Å². The van der Waals surface area contributed by atoms with E-state index < -0.39 is 50.0 Å². The van der Waals surface area contributed by atoms with E-state index in [0.717, 1.165) is 0 Å². The van der Waals surface area contributed by atoms with Gasteiger partial charge in [0.05, 0.1) is 6.42 Å². The Morgan fingerprint density at radius 3 is 1.71 bits per heavy atom. The topological polar surface area (TPSA) is 94.9 Å². The van der Waals surface area contributed by atoms with Gasteiger partial charge in [0, 0.05) is 6.42 Å². The summed E-state index contributed by atoms with van der Waals surface area (Å²) in [5, 5.41) is 16.7. The molecule has 0 aromatic heterocycles. The number of amides is 1. The molecule has 0 aliphatic carbocycles. The molecular formula is C8H10F3NO5. The number of carboxylic acids is 2. The zero-order chi connectivity index (χ0) is 13.6. The first-order valence-corrected chi connectivity index (χ1v) is 4.40. The van der Waals surface area contributed by atoms with Crippen molar-refractivity contribution >= 4 is 17.8 Å². The molecule has 0 saturated carbocycles. The maximum absolute atomic E-state index is 11.8. The quantitative estimate of drug-likeness (QED) is 0.714. The minimum absolute atomic E-state index is 0.344. The summed E-state index contributed by atoms with van der Waals surface area (Å²) in [5.74, 6) is -4.15. The lowest BCUT2D eigenvalue weighted by Crippen LogP contribution is -2.39. The largest absolute Gasteiger partial charge is 0.480 e. The lowest BCUT2D eigenvalue weighted by Gasteiger charge is -2.18. The first-order valence-electron chi connectivity index (χ1n) is 4.40. The molecule has 0 aliphatic rings. The van der Waals surface area contributed by atoms with E-state index in [-0.39, 0.29) is 0 Å². The molecule has 1 amide bonds. The molecule has 0 heterocycles. The molecule has 0 aromatic carbocycles. The summed E-state index contributed by atoms with van der Waals surface area (Å²) < 4.78 is 35.4. The number of aliphatic carboxylic acids is 2. The maximum atomic E-state index is 11.8. The Balaban J connectivity index is 4.42. The number of nitrogens with zero attached hydrogens (tertiary/aromatic N) is 1. The highest BCUT2D eigenvalue weighted by Crippen LogP contribution is 2.21. The van der Waals surface area contributed by atoms with Crippen molar-refractivity contribution < 1.29 is 37.8 Å². The second-order valence-electron chi connectivity index (χ2n) is 3.15. The summed E-state index contributed by atoms with van der Waals surface area (Å²) in [6, 6.07) is 0. The predicted octanol–water partition coefficient (Wildman–Crippen LogP) is 0.327. The molecule has 0 fully saturated rings. The molecule has 0 unspecified atom stereocenters. The third-order valence-corrected chi connectivity index (χ3v) is 1.63. The normalized spacial score (nSPS) is 11.0. The number of rotatable bonds is 6. The van der Waals surface area contributed by atoms with Crippen LogP contribution >= 0.6 is 0 Å². The Hall–Kier alpha value is -1.80. The van der Waals surface area contributed by atoms with Crippen LogP contribution in [0.1, 0.15) is 12.8 Å². The first kappa shape index (κ1) is 15.2. The standard InChI is InChI=1S/C8H10F3NO5/c9-8(10,11)2-1-5(13)12(3-6(14)15)4-7(16)17/h1-4H2,(H,14,15)(H,16,17). The second-order valence-corrected chi connectivity index (χ2v) is 3.15. The SMILES string of the molecule is O=C(O)CN(CC(=O)O)C(=O)CCC(F)(F)F. The number of hydrogen-bond acceptors (Lipinski definition) is 3. The molecule has 0 aromatic rings. The van der Waals surface area contributed by atoms with Gasteiger partial charge in [0.15, 0.2) is 0 Å². The van der Waals surface area contributed by atoms with Crippen LogP contribution in [0, 0.1) is 0 Å². The van der Waals surface area contributed by atoms with Gasteiger partial charge in [-0.1, -0.05) is 0 Å². The Kier molecular flexibility index (Phi) is 5.42. The van der Waals surface area contributed by atoms with Crippen LogP contribution in [0.2, 0.25) is 0 Å². The minimum atomic E-state index is -4.55. The summed E-state index contributed by atoms with van der Waals surface area (Å²) >= 11 is 0. The number of carbonyl (C=O) groups excluding carboxylic acids is 1. The molecule has 0 spiro atoms. The van der Waals surface area contributed by atoms with Crippen LogP contribution in [-0.4, -0.2) is 52.2 Å². The molecular weight excluding hydrogens is 247 g/mol. The summed E-state index contributed by atoms with van der Waals surface area (Å²) in [4.78, 5) is 32.1. The fourth-order valence-electron chi connectivity index (χ4n) is 0.966. The molecule has 9 heteroatoms. The number of halogens is 3. The predicted molar refractivity (Wildman–Crippen MR) is 47.1 cm³/mol. The van der Waals surface area contributed by atoms with Gasteiger partial charge in [-0.25, -0.2) is 0 Å². The number of carbonyl (C=O) groups is 3. The number of carboxylic acid groups (broad SMARTS) is 2. The molecule has 2 N–H and O–H groups in total. The van der Waals surface area contributed by atoms with Gasteiger partial charge in [0.2, 0.25) is 5.91 Å². The van der Waals surface area contributed by atoms with Crippen molar-refractivity contribution in [1.29, 1.82) is 0 Å². The molecule has 0 saturated heterocycles. The molecule has 6 nitrogen and oxygen atoms in total. The number of hydrogen-bond donors (Lipinski definition) is 2. The summed E-state index contributed by atoms with van der Waals surface area (Å²) in [6.07, 6.45) is -6.93. The van der Waals surface area contributed by atoms with Crippen LogP contribution in [-0.2, 0) is 14.4 Å². The van der Waals surface area contributed by atoms with Crippen LogP contribution in [0.3, 0.4) is 0 Å². The van der Waals surface area contributed by atoms with Crippen molar-refractivity contribution in [1.82, 2.24) is 4.90 Å². The third kappa shape index (κ3) is 8.05. The number of alkyl halides is 3. The van der Waals surface area contributed by atoms with Gasteiger partial charge in [-0.05, 0) is 0 Å². The lowest BCUT2D eigenvalue weighted by atomic mass is 10.2. The van der Waals surface area contributed by atoms with Crippen LogP contribution in [0.25, 0.3) is 0 Å². The molecule has 0 radical (unpaired) electrons. The van der Waals surface area contributed by atoms with Gasteiger partial charge >= 0.3 is 18.1 Å². The van der Waals surface area contributed by atoms with Crippen molar-refractivity contribution in [3.05, 3.63) is 0 Å². The fraction of sp³-hybridized carbons (Fsp3) is 0.625. The second kappa shape index (κ2) is 6.06. The minimum Gasteiger partial charge on any atom is -0.480 e. The fourth-order valence-corrected chi connectivity index (χ4v) is 0.966. The van der Waals surface area contributed by atoms with E-state index in [0.29, 0.717) is 4.90 Å². The van der Waals surface area contributed by atoms with Gasteiger partial charge in [0.1, 0.15) is 13.1 Å². The van der Waals surface area contributed by atoms with Crippen molar-refractivity contribution in [3.63, 3.8) is 0 Å². The van der Waals surface area contributed by atoms with Crippen LogP contribution in [0.5, 0.6) is 0 Å². The average Bonchev–Trinajstić information content (AvgIpc) is 2.10. The van der Waals surface area contributed by atoms with Crippen LogP contribution in [0.4, 0.5) is 13.2 Å². The van der Waals surface area contributed by atoms with E-state index in [4.69, 9.17) is 10.2 Å². The van der Waals surface area contributed by atoms with Crippen LogP contribution in [0.15, 0.2) is 0 Å². The van der Waals surface area contributed by atoms with Crippen molar-refractivity contribution in [2.75, 3.05) is 13.1 Å². The van der Waals surface area contributed by atoms with Crippen LogP contribution < -0.4 is 0 Å². The van der Waals surface area contributed by atoms with Gasteiger partial charge in [0.25, 0.3) is 0 Å². The Morgan fingerprint density at radius 1 is 1.00 bits per heavy atom. The monoisotopic (exact) mass is 257 g/mol. The maximum Gasteiger partial charge on any atom is 0.389 e. The van der Waals surface area contributed by atoms with Gasteiger partial charge < -0.3 is 15.1 Å². The molecule has 17 heavy (non-hydrogen) atoms. The zero-order valence-electron chi connectivity index (χ0n) is 8.53. The average molecular weight is 257 g/mol. The van der Waals surface area contributed by atoms with Gasteiger partial charge in [-0.15, -0.1) is 0 Å². The third-order valence-electron chi connectivity index (χ3n) is 1.63. The van der Waals surface area contributed by atoms with Crippen molar-refractivity contribution in [3.8, 4) is 0 Å². The Bertz CT molecular complexity index is 299. The zero-order valence-corrected chi connectivity index (χ0v) is 8.53. The lowest BCUT2D eigenvalue weighted by molar-refractivity contribution is -0.154. The van der Waals surface area contributed by atoms with E-state index in [1.165, 1.54) is 0 Å². The Morgan fingerprint density at radius 2 is 1.41 bits per heavy atom. The van der Waals surface area contributed by atoms with Crippen molar-refractivity contribution in [2.24, 2.45) is 0 Å². The smallest absolute Gasteiger partial charge is 0.389 e. The van der Waals surface area contributed by atoms with E-state index in [9.17, 15) is 27.6 Å². The van der Waals surface area contributed by atoms with E-state index in [1.54, 1.807) is 0 Å².